The van der Waals surface area contributed by atoms with E-state index in [1.54, 1.807) is 4.90 Å². The number of carbonyl (C=O) groups is 1. The van der Waals surface area contributed by atoms with Crippen molar-refractivity contribution in [1.29, 1.82) is 0 Å². The van der Waals surface area contributed by atoms with Gasteiger partial charge in [0.25, 0.3) is 5.91 Å². The van der Waals surface area contributed by atoms with Crippen LogP contribution >= 0.6 is 0 Å². The molecular formula is C9H16N2O3S. The molecule has 6 heteroatoms. The highest BCUT2D eigenvalue weighted by Gasteiger charge is 2.28. The fourth-order valence-electron chi connectivity index (χ4n) is 1.79. The number of nitrogens with one attached hydrogen (secondary N) is 1. The molecule has 2 aliphatic heterocycles. The highest BCUT2D eigenvalue weighted by atomic mass is 32.2. The number of hydrogen-bond donors (Lipinski definition) is 1. The molecule has 0 bridgehead atoms. The molecule has 2 fully saturated rings. The van der Waals surface area contributed by atoms with Gasteiger partial charge in [0.15, 0.2) is 0 Å². The molecule has 0 saturated carbocycles. The van der Waals surface area contributed by atoms with Gasteiger partial charge in [0.2, 0.25) is 0 Å². The minimum atomic E-state index is -0.733. The van der Waals surface area contributed by atoms with Crippen LogP contribution in [-0.2, 0) is 20.3 Å². The molecule has 1 amide bonds. The topological polar surface area (TPSA) is 58.6 Å². The molecule has 0 spiro atoms. The average Bonchev–Trinajstić information content (AvgIpc) is 2.30. The van der Waals surface area contributed by atoms with E-state index in [4.69, 9.17) is 4.74 Å². The molecule has 0 aliphatic carbocycles. The Balaban J connectivity index is 1.86. The lowest BCUT2D eigenvalue weighted by atomic mass is 10.2. The third-order valence-corrected chi connectivity index (χ3v) is 3.97. The number of amides is 1. The van der Waals surface area contributed by atoms with Crippen LogP contribution in [0.25, 0.3) is 0 Å². The molecule has 15 heavy (non-hydrogen) atoms. The van der Waals surface area contributed by atoms with E-state index in [0.29, 0.717) is 37.7 Å². The molecule has 1 unspecified atom stereocenters. The Morgan fingerprint density at radius 1 is 1.40 bits per heavy atom. The van der Waals surface area contributed by atoms with Crippen LogP contribution in [0.5, 0.6) is 0 Å². The predicted molar refractivity (Wildman–Crippen MR) is 57.1 cm³/mol. The maximum Gasteiger partial charge on any atom is 0.253 e. The van der Waals surface area contributed by atoms with Crippen LogP contribution in [-0.4, -0.2) is 65.4 Å². The van der Waals surface area contributed by atoms with Crippen molar-refractivity contribution in [3.8, 4) is 0 Å². The molecule has 2 aliphatic rings. The molecule has 1 atom stereocenters. The standard InChI is InChI=1S/C9H16N2O3S/c12-9(8-7-10-1-4-14-8)11-2-5-15(13)6-3-11/h8,10H,1-7H2. The third kappa shape index (κ3) is 2.76. The molecule has 2 rings (SSSR count). The second kappa shape index (κ2) is 5.05. The smallest absolute Gasteiger partial charge is 0.253 e. The lowest BCUT2D eigenvalue weighted by molar-refractivity contribution is -0.144. The minimum absolute atomic E-state index is 0.0406. The van der Waals surface area contributed by atoms with E-state index >= 15 is 0 Å². The monoisotopic (exact) mass is 232 g/mol. The van der Waals surface area contributed by atoms with Crippen molar-refractivity contribution in [2.75, 3.05) is 44.3 Å². The highest BCUT2D eigenvalue weighted by molar-refractivity contribution is 7.85. The zero-order chi connectivity index (χ0) is 10.7. The third-order valence-electron chi connectivity index (χ3n) is 2.69. The van der Waals surface area contributed by atoms with Crippen LogP contribution < -0.4 is 5.32 Å². The van der Waals surface area contributed by atoms with E-state index in [-0.39, 0.29) is 12.0 Å². The van der Waals surface area contributed by atoms with Gasteiger partial charge in [-0.15, -0.1) is 0 Å². The molecule has 2 saturated heterocycles. The summed E-state index contributed by atoms with van der Waals surface area (Å²) < 4.78 is 16.5. The van der Waals surface area contributed by atoms with Crippen LogP contribution in [0.3, 0.4) is 0 Å². The zero-order valence-electron chi connectivity index (χ0n) is 8.61. The summed E-state index contributed by atoms with van der Waals surface area (Å²) in [5.74, 6) is 1.25. The van der Waals surface area contributed by atoms with Gasteiger partial charge in [0, 0.05) is 48.5 Å². The van der Waals surface area contributed by atoms with Crippen LogP contribution in [0, 0.1) is 0 Å². The summed E-state index contributed by atoms with van der Waals surface area (Å²) in [5, 5.41) is 3.13. The summed E-state index contributed by atoms with van der Waals surface area (Å²) >= 11 is 0. The van der Waals surface area contributed by atoms with E-state index in [0.717, 1.165) is 6.54 Å². The molecule has 1 N–H and O–H groups in total. The normalized spacial score (nSPS) is 29.1. The van der Waals surface area contributed by atoms with Crippen LogP contribution in [0.15, 0.2) is 0 Å². The van der Waals surface area contributed by atoms with E-state index in [1.807, 2.05) is 0 Å². The van der Waals surface area contributed by atoms with Gasteiger partial charge in [0.1, 0.15) is 6.10 Å². The summed E-state index contributed by atoms with van der Waals surface area (Å²) in [6.45, 7) is 3.21. The number of ether oxygens (including phenoxy) is 1. The predicted octanol–water partition coefficient (Wildman–Crippen LogP) is -1.43. The first-order valence-corrected chi connectivity index (χ1v) is 6.72. The van der Waals surface area contributed by atoms with Crippen molar-refractivity contribution >= 4 is 16.7 Å². The second-order valence-electron chi connectivity index (χ2n) is 3.74. The van der Waals surface area contributed by atoms with E-state index in [2.05, 4.69) is 5.32 Å². The van der Waals surface area contributed by atoms with E-state index in [9.17, 15) is 9.00 Å². The van der Waals surface area contributed by atoms with Gasteiger partial charge in [-0.2, -0.15) is 0 Å². The van der Waals surface area contributed by atoms with Gasteiger partial charge >= 0.3 is 0 Å². The fourth-order valence-corrected chi connectivity index (χ4v) is 2.84. The van der Waals surface area contributed by atoms with Crippen LogP contribution in [0.2, 0.25) is 0 Å². The number of rotatable bonds is 1. The van der Waals surface area contributed by atoms with Gasteiger partial charge in [-0.05, 0) is 0 Å². The number of hydrogen-bond acceptors (Lipinski definition) is 4. The molecule has 0 aromatic heterocycles. The van der Waals surface area contributed by atoms with E-state index in [1.165, 1.54) is 0 Å². The summed E-state index contributed by atoms with van der Waals surface area (Å²) in [5.41, 5.74) is 0. The maximum atomic E-state index is 11.9. The summed E-state index contributed by atoms with van der Waals surface area (Å²) in [6.07, 6.45) is -0.342. The Labute approximate surface area is 91.6 Å². The second-order valence-corrected chi connectivity index (χ2v) is 5.43. The number of morpholine rings is 1. The summed E-state index contributed by atoms with van der Waals surface area (Å²) in [6, 6.07) is 0. The number of nitrogens with zero attached hydrogens (tertiary/aromatic N) is 1. The fraction of sp³-hybridized carbons (Fsp3) is 0.889. The SMILES string of the molecule is O=C(C1CNCCO1)N1CCS(=O)CC1. The molecule has 5 nitrogen and oxygen atoms in total. The lowest BCUT2D eigenvalue weighted by Crippen LogP contribution is -2.52. The van der Waals surface area contributed by atoms with Gasteiger partial charge in [-0.1, -0.05) is 0 Å². The van der Waals surface area contributed by atoms with Crippen LogP contribution in [0.1, 0.15) is 0 Å². The van der Waals surface area contributed by atoms with Crippen LogP contribution in [0.4, 0.5) is 0 Å². The Bertz CT molecular complexity index is 256. The Kier molecular flexibility index (Phi) is 3.71. The molecule has 2 heterocycles. The zero-order valence-corrected chi connectivity index (χ0v) is 9.42. The molecule has 0 aromatic carbocycles. The average molecular weight is 232 g/mol. The molecule has 0 aromatic rings. The molecule has 0 radical (unpaired) electrons. The first-order chi connectivity index (χ1) is 7.27. The minimum Gasteiger partial charge on any atom is -0.366 e. The van der Waals surface area contributed by atoms with Crippen molar-refractivity contribution in [1.82, 2.24) is 10.2 Å². The highest BCUT2D eigenvalue weighted by Crippen LogP contribution is 2.06. The quantitative estimate of drug-likeness (QED) is 0.602. The van der Waals surface area contributed by atoms with Crippen molar-refractivity contribution in [3.63, 3.8) is 0 Å². The van der Waals surface area contributed by atoms with Crippen molar-refractivity contribution in [3.05, 3.63) is 0 Å². The number of carbonyl (C=O) groups excluding carboxylic acids is 1. The van der Waals surface area contributed by atoms with Crippen molar-refractivity contribution in [2.24, 2.45) is 0 Å². The largest absolute Gasteiger partial charge is 0.366 e. The summed E-state index contributed by atoms with van der Waals surface area (Å²) in [7, 11) is -0.733. The molecular weight excluding hydrogens is 216 g/mol. The van der Waals surface area contributed by atoms with Gasteiger partial charge in [-0.3, -0.25) is 9.00 Å². The van der Waals surface area contributed by atoms with Gasteiger partial charge < -0.3 is 15.0 Å². The lowest BCUT2D eigenvalue weighted by Gasteiger charge is -2.31. The van der Waals surface area contributed by atoms with Crippen molar-refractivity contribution in [2.45, 2.75) is 6.10 Å². The molecule has 86 valence electrons. The van der Waals surface area contributed by atoms with Gasteiger partial charge in [0.05, 0.1) is 6.61 Å². The summed E-state index contributed by atoms with van der Waals surface area (Å²) in [4.78, 5) is 13.7. The van der Waals surface area contributed by atoms with Gasteiger partial charge in [-0.25, -0.2) is 0 Å². The first kappa shape index (κ1) is 11.0. The Morgan fingerprint density at radius 2 is 2.13 bits per heavy atom. The Morgan fingerprint density at radius 3 is 2.73 bits per heavy atom. The van der Waals surface area contributed by atoms with Crippen molar-refractivity contribution < 1.29 is 13.7 Å². The Hall–Kier alpha value is -0.460. The maximum absolute atomic E-state index is 11.9. The first-order valence-electron chi connectivity index (χ1n) is 5.23. The van der Waals surface area contributed by atoms with E-state index < -0.39 is 10.8 Å².